The van der Waals surface area contributed by atoms with Gasteiger partial charge in [-0.2, -0.15) is 0 Å². The molecule has 0 unspecified atom stereocenters. The summed E-state index contributed by atoms with van der Waals surface area (Å²) in [7, 11) is 0. The highest BCUT2D eigenvalue weighted by molar-refractivity contribution is 5.89. The minimum atomic E-state index is -0.891. The monoisotopic (exact) mass is 222 g/mol. The Kier molecular flexibility index (Phi) is 3.22. The fourth-order valence-electron chi connectivity index (χ4n) is 2.41. The number of aromatic carboxylic acids is 1. The molecule has 1 aromatic rings. The van der Waals surface area contributed by atoms with Crippen molar-refractivity contribution >= 4 is 5.97 Å². The van der Waals surface area contributed by atoms with E-state index in [0.29, 0.717) is 18.4 Å². The van der Waals surface area contributed by atoms with Crippen LogP contribution >= 0.6 is 0 Å². The van der Waals surface area contributed by atoms with Crippen molar-refractivity contribution in [1.82, 2.24) is 0 Å². The smallest absolute Gasteiger partial charge is 0.335 e. The molecule has 1 aliphatic rings. The Balaban J connectivity index is 2.23. The number of carbonyl (C=O) groups is 1. The third-order valence-electron chi connectivity index (χ3n) is 3.29. The normalized spacial score (nSPS) is 25.3. The second-order valence-corrected chi connectivity index (χ2v) is 4.34. The number of halogens is 1. The lowest BCUT2D eigenvalue weighted by Gasteiger charge is -2.25. The quantitative estimate of drug-likeness (QED) is 0.832. The maximum Gasteiger partial charge on any atom is 0.335 e. The lowest BCUT2D eigenvalue weighted by Crippen LogP contribution is -2.16. The molecule has 0 saturated heterocycles. The Morgan fingerprint density at radius 2 is 1.81 bits per heavy atom. The number of hydrogen-bond donors (Lipinski definition) is 1. The van der Waals surface area contributed by atoms with Crippen LogP contribution < -0.4 is 0 Å². The Hall–Kier alpha value is -1.38. The molecule has 0 atom stereocenters. The summed E-state index contributed by atoms with van der Waals surface area (Å²) in [6.07, 6.45) is 1.92. The third kappa shape index (κ3) is 2.23. The molecule has 0 spiro atoms. The standard InChI is InChI=1S/C13H15FO2/c14-10-7-5-9(6-8-10)11-3-1-2-4-12(11)13(15)16/h1-4,9-10H,5-8H2,(H,15,16). The topological polar surface area (TPSA) is 37.3 Å². The van der Waals surface area contributed by atoms with Gasteiger partial charge in [-0.15, -0.1) is 0 Å². The predicted octanol–water partition coefficient (Wildman–Crippen LogP) is 3.38. The van der Waals surface area contributed by atoms with Gasteiger partial charge in [0, 0.05) is 0 Å². The molecular weight excluding hydrogens is 207 g/mol. The molecule has 1 aliphatic carbocycles. The van der Waals surface area contributed by atoms with Gasteiger partial charge in [-0.1, -0.05) is 18.2 Å². The summed E-state index contributed by atoms with van der Waals surface area (Å²) < 4.78 is 13.0. The van der Waals surface area contributed by atoms with Crippen LogP contribution in [0.25, 0.3) is 0 Å². The highest BCUT2D eigenvalue weighted by Gasteiger charge is 2.24. The van der Waals surface area contributed by atoms with Crippen molar-refractivity contribution in [1.29, 1.82) is 0 Å². The number of rotatable bonds is 2. The van der Waals surface area contributed by atoms with Crippen LogP contribution in [0.15, 0.2) is 24.3 Å². The molecule has 1 saturated carbocycles. The molecule has 0 heterocycles. The lowest BCUT2D eigenvalue weighted by atomic mass is 9.81. The second-order valence-electron chi connectivity index (χ2n) is 4.34. The number of hydrogen-bond acceptors (Lipinski definition) is 1. The molecule has 0 bridgehead atoms. The first kappa shape index (κ1) is 11.1. The number of carboxylic acid groups (broad SMARTS) is 1. The van der Waals surface area contributed by atoms with Gasteiger partial charge >= 0.3 is 5.97 Å². The molecule has 0 aromatic heterocycles. The van der Waals surface area contributed by atoms with Crippen LogP contribution in [0.5, 0.6) is 0 Å². The Labute approximate surface area is 94.1 Å². The van der Waals surface area contributed by atoms with Crippen molar-refractivity contribution in [3.05, 3.63) is 35.4 Å². The van der Waals surface area contributed by atoms with Crippen molar-refractivity contribution in [3.63, 3.8) is 0 Å². The van der Waals surface area contributed by atoms with Crippen molar-refractivity contribution in [2.45, 2.75) is 37.8 Å². The summed E-state index contributed by atoms with van der Waals surface area (Å²) in [4.78, 5) is 11.1. The van der Waals surface area contributed by atoms with E-state index < -0.39 is 12.1 Å². The maximum absolute atomic E-state index is 13.0. The van der Waals surface area contributed by atoms with Crippen molar-refractivity contribution in [2.24, 2.45) is 0 Å². The molecule has 1 aromatic carbocycles. The van der Waals surface area contributed by atoms with Gasteiger partial charge < -0.3 is 5.11 Å². The molecule has 1 N–H and O–H groups in total. The molecular formula is C13H15FO2. The van der Waals surface area contributed by atoms with Crippen LogP contribution in [0.2, 0.25) is 0 Å². The molecule has 16 heavy (non-hydrogen) atoms. The summed E-state index contributed by atoms with van der Waals surface area (Å²) >= 11 is 0. The van der Waals surface area contributed by atoms with Gasteiger partial charge in [0.05, 0.1) is 5.56 Å². The van der Waals surface area contributed by atoms with Gasteiger partial charge in [0.1, 0.15) is 6.17 Å². The molecule has 2 nitrogen and oxygen atoms in total. The second kappa shape index (κ2) is 4.64. The predicted molar refractivity (Wildman–Crippen MR) is 59.5 cm³/mol. The summed E-state index contributed by atoms with van der Waals surface area (Å²) in [6.45, 7) is 0. The van der Waals surface area contributed by atoms with Crippen LogP contribution in [-0.2, 0) is 0 Å². The Bertz CT molecular complexity index is 381. The van der Waals surface area contributed by atoms with Gasteiger partial charge in [0.25, 0.3) is 0 Å². The number of benzene rings is 1. The number of alkyl halides is 1. The van der Waals surface area contributed by atoms with Gasteiger partial charge in [0.15, 0.2) is 0 Å². The van der Waals surface area contributed by atoms with Gasteiger partial charge in [0.2, 0.25) is 0 Å². The molecule has 2 rings (SSSR count). The van der Waals surface area contributed by atoms with E-state index in [4.69, 9.17) is 5.11 Å². The zero-order valence-electron chi connectivity index (χ0n) is 9.03. The minimum Gasteiger partial charge on any atom is -0.478 e. The zero-order valence-corrected chi connectivity index (χ0v) is 9.03. The minimum absolute atomic E-state index is 0.208. The van der Waals surface area contributed by atoms with E-state index >= 15 is 0 Å². The molecule has 0 amide bonds. The molecule has 0 aliphatic heterocycles. The average molecular weight is 222 g/mol. The van der Waals surface area contributed by atoms with Gasteiger partial charge in [-0.3, -0.25) is 0 Å². The summed E-state index contributed by atoms with van der Waals surface area (Å²) in [5, 5.41) is 9.07. The van der Waals surface area contributed by atoms with Crippen LogP contribution in [0.4, 0.5) is 4.39 Å². The van der Waals surface area contributed by atoms with Crippen LogP contribution in [0.1, 0.15) is 47.5 Å². The fraction of sp³-hybridized carbons (Fsp3) is 0.462. The highest BCUT2D eigenvalue weighted by Crippen LogP contribution is 2.35. The number of carboxylic acids is 1. The first-order valence-electron chi connectivity index (χ1n) is 5.64. The van der Waals surface area contributed by atoms with Gasteiger partial charge in [-0.25, -0.2) is 9.18 Å². The Morgan fingerprint density at radius 3 is 2.44 bits per heavy atom. The van der Waals surface area contributed by atoms with Gasteiger partial charge in [-0.05, 0) is 43.2 Å². The first-order valence-corrected chi connectivity index (χ1v) is 5.64. The van der Waals surface area contributed by atoms with Crippen molar-refractivity contribution in [3.8, 4) is 0 Å². The Morgan fingerprint density at radius 1 is 1.19 bits per heavy atom. The molecule has 3 heteroatoms. The molecule has 0 radical (unpaired) electrons. The van der Waals surface area contributed by atoms with Crippen molar-refractivity contribution in [2.75, 3.05) is 0 Å². The first-order chi connectivity index (χ1) is 7.68. The SMILES string of the molecule is O=C(O)c1ccccc1C1CCC(F)CC1. The van der Waals surface area contributed by atoms with Crippen LogP contribution in [-0.4, -0.2) is 17.2 Å². The lowest BCUT2D eigenvalue weighted by molar-refractivity contribution is 0.0694. The average Bonchev–Trinajstić information content (AvgIpc) is 2.30. The summed E-state index contributed by atoms with van der Waals surface area (Å²) in [6, 6.07) is 7.06. The summed E-state index contributed by atoms with van der Waals surface area (Å²) in [5.74, 6) is -0.683. The van der Waals surface area contributed by atoms with Crippen LogP contribution in [0.3, 0.4) is 0 Å². The molecule has 1 fully saturated rings. The van der Waals surface area contributed by atoms with Crippen LogP contribution in [0, 0.1) is 0 Å². The van der Waals surface area contributed by atoms with Crippen molar-refractivity contribution < 1.29 is 14.3 Å². The molecule has 86 valence electrons. The zero-order chi connectivity index (χ0) is 11.5. The summed E-state index contributed by atoms with van der Waals surface area (Å²) in [5.41, 5.74) is 1.23. The van der Waals surface area contributed by atoms with E-state index in [1.54, 1.807) is 12.1 Å². The largest absolute Gasteiger partial charge is 0.478 e. The van der Waals surface area contributed by atoms with E-state index in [9.17, 15) is 9.18 Å². The van der Waals surface area contributed by atoms with E-state index in [2.05, 4.69) is 0 Å². The van der Waals surface area contributed by atoms with E-state index in [0.717, 1.165) is 18.4 Å². The third-order valence-corrected chi connectivity index (χ3v) is 3.29. The van der Waals surface area contributed by atoms with E-state index in [1.165, 1.54) is 0 Å². The van der Waals surface area contributed by atoms with E-state index in [-0.39, 0.29) is 5.92 Å². The fourth-order valence-corrected chi connectivity index (χ4v) is 2.41. The highest BCUT2D eigenvalue weighted by atomic mass is 19.1. The van der Waals surface area contributed by atoms with E-state index in [1.807, 2.05) is 12.1 Å². The maximum atomic E-state index is 13.0.